The zero-order chi connectivity index (χ0) is 9.30. The van der Waals surface area contributed by atoms with Crippen LogP contribution in [0.3, 0.4) is 0 Å². The molecule has 0 spiro atoms. The highest BCUT2D eigenvalue weighted by Crippen LogP contribution is 2.27. The maximum atomic E-state index is 13.1. The maximum Gasteiger partial charge on any atom is 0.161 e. The number of hydrogen-bond donors (Lipinski definition) is 1. The average Bonchev–Trinajstić information content (AvgIpc) is 2.08. The van der Waals surface area contributed by atoms with Gasteiger partial charge in [-0.3, -0.25) is 0 Å². The quantitative estimate of drug-likeness (QED) is 0.694. The Kier molecular flexibility index (Phi) is 2.34. The van der Waals surface area contributed by atoms with E-state index in [4.69, 9.17) is 11.0 Å². The fourth-order valence-electron chi connectivity index (χ4n) is 0.849. The van der Waals surface area contributed by atoms with Gasteiger partial charge in [-0.05, 0) is 34.5 Å². The van der Waals surface area contributed by atoms with Crippen molar-refractivity contribution in [2.45, 2.75) is 6.92 Å². The Hall–Kier alpha value is -1.08. The summed E-state index contributed by atoms with van der Waals surface area (Å²) in [5, 5.41) is 8.57. The van der Waals surface area contributed by atoms with Gasteiger partial charge in [0.05, 0.1) is 15.7 Å². The van der Waals surface area contributed by atoms with Crippen LogP contribution in [0.25, 0.3) is 0 Å². The van der Waals surface area contributed by atoms with Crippen LogP contribution >= 0.6 is 15.9 Å². The summed E-state index contributed by atoms with van der Waals surface area (Å²) >= 11 is 2.95. The fourth-order valence-corrected chi connectivity index (χ4v) is 1.27. The summed E-state index contributed by atoms with van der Waals surface area (Å²) in [6.45, 7) is 1.66. The number of benzene rings is 1. The molecule has 0 radical (unpaired) electrons. The van der Waals surface area contributed by atoms with E-state index in [-0.39, 0.29) is 15.7 Å². The Morgan fingerprint density at radius 3 is 2.75 bits per heavy atom. The van der Waals surface area contributed by atoms with Crippen molar-refractivity contribution in [3.05, 3.63) is 27.5 Å². The zero-order valence-corrected chi connectivity index (χ0v) is 7.94. The maximum absolute atomic E-state index is 13.1. The van der Waals surface area contributed by atoms with Crippen LogP contribution in [0.1, 0.15) is 11.1 Å². The molecule has 2 N–H and O–H groups in total. The van der Waals surface area contributed by atoms with Crippen LogP contribution in [0, 0.1) is 24.1 Å². The molecule has 0 aromatic heterocycles. The van der Waals surface area contributed by atoms with Gasteiger partial charge in [0.2, 0.25) is 0 Å². The molecular formula is C8H6BrFN2. The van der Waals surface area contributed by atoms with Crippen molar-refractivity contribution in [1.82, 2.24) is 0 Å². The first-order chi connectivity index (χ1) is 5.57. The number of hydrogen-bond acceptors (Lipinski definition) is 2. The lowest BCUT2D eigenvalue weighted by Crippen LogP contribution is -1.97. The van der Waals surface area contributed by atoms with E-state index in [2.05, 4.69) is 15.9 Å². The average molecular weight is 229 g/mol. The van der Waals surface area contributed by atoms with Crippen molar-refractivity contribution in [2.24, 2.45) is 0 Å². The standard InChI is InChI=1S/C8H6BrFN2/c1-4-2-5(3-11)6(9)7(10)8(4)12/h2H,12H2,1H3. The highest BCUT2D eigenvalue weighted by atomic mass is 79.9. The molecule has 1 rings (SSSR count). The smallest absolute Gasteiger partial charge is 0.161 e. The van der Waals surface area contributed by atoms with E-state index in [1.54, 1.807) is 13.0 Å². The second-order valence-corrected chi connectivity index (χ2v) is 3.19. The summed E-state index contributed by atoms with van der Waals surface area (Å²) in [5.41, 5.74) is 6.32. The van der Waals surface area contributed by atoms with Gasteiger partial charge in [0.15, 0.2) is 5.82 Å². The van der Waals surface area contributed by atoms with E-state index < -0.39 is 5.82 Å². The molecule has 0 bridgehead atoms. The van der Waals surface area contributed by atoms with Gasteiger partial charge in [-0.1, -0.05) is 0 Å². The molecule has 0 heterocycles. The molecule has 0 saturated heterocycles. The molecule has 0 unspecified atom stereocenters. The van der Waals surface area contributed by atoms with Crippen LogP contribution in [0.2, 0.25) is 0 Å². The third-order valence-corrected chi connectivity index (χ3v) is 2.35. The Morgan fingerprint density at radius 1 is 1.67 bits per heavy atom. The first-order valence-corrected chi connectivity index (χ1v) is 4.01. The van der Waals surface area contributed by atoms with Crippen molar-refractivity contribution in [1.29, 1.82) is 5.26 Å². The van der Waals surface area contributed by atoms with E-state index in [1.165, 1.54) is 0 Å². The van der Waals surface area contributed by atoms with Crippen LogP contribution in [-0.4, -0.2) is 0 Å². The van der Waals surface area contributed by atoms with Gasteiger partial charge < -0.3 is 5.73 Å². The van der Waals surface area contributed by atoms with Gasteiger partial charge >= 0.3 is 0 Å². The van der Waals surface area contributed by atoms with Crippen molar-refractivity contribution in [3.8, 4) is 6.07 Å². The molecule has 0 aliphatic carbocycles. The Bertz CT molecular complexity index is 368. The molecule has 1 aromatic carbocycles. The van der Waals surface area contributed by atoms with E-state index >= 15 is 0 Å². The summed E-state index contributed by atoms with van der Waals surface area (Å²) < 4.78 is 13.2. The van der Waals surface area contributed by atoms with Gasteiger partial charge in [-0.25, -0.2) is 4.39 Å². The molecule has 0 atom stereocenters. The Labute approximate surface area is 77.9 Å². The van der Waals surface area contributed by atoms with E-state index in [0.717, 1.165) is 0 Å². The first-order valence-electron chi connectivity index (χ1n) is 3.22. The van der Waals surface area contributed by atoms with E-state index in [9.17, 15) is 4.39 Å². The van der Waals surface area contributed by atoms with Crippen LogP contribution in [0.5, 0.6) is 0 Å². The van der Waals surface area contributed by atoms with Crippen LogP contribution in [-0.2, 0) is 0 Å². The molecule has 0 fully saturated rings. The number of nitrogen functional groups attached to an aromatic ring is 1. The van der Waals surface area contributed by atoms with Crippen molar-refractivity contribution in [3.63, 3.8) is 0 Å². The minimum atomic E-state index is -0.563. The summed E-state index contributed by atoms with van der Waals surface area (Å²) in [5.74, 6) is -0.563. The van der Waals surface area contributed by atoms with Crippen molar-refractivity contribution in [2.75, 3.05) is 5.73 Å². The Morgan fingerprint density at radius 2 is 2.25 bits per heavy atom. The van der Waals surface area contributed by atoms with Crippen LogP contribution in [0.4, 0.5) is 10.1 Å². The third-order valence-electron chi connectivity index (χ3n) is 1.57. The van der Waals surface area contributed by atoms with Gasteiger partial charge in [0.25, 0.3) is 0 Å². The first kappa shape index (κ1) is 9.01. The summed E-state index contributed by atoms with van der Waals surface area (Å²) in [6.07, 6.45) is 0. The largest absolute Gasteiger partial charge is 0.396 e. The fraction of sp³-hybridized carbons (Fsp3) is 0.125. The molecular weight excluding hydrogens is 223 g/mol. The molecule has 0 amide bonds. The molecule has 4 heteroatoms. The topological polar surface area (TPSA) is 49.8 Å². The number of nitrogens with two attached hydrogens (primary N) is 1. The lowest BCUT2D eigenvalue weighted by Gasteiger charge is -2.04. The summed E-state index contributed by atoms with van der Waals surface area (Å²) in [6, 6.07) is 3.41. The lowest BCUT2D eigenvalue weighted by atomic mass is 10.1. The van der Waals surface area contributed by atoms with Crippen molar-refractivity contribution >= 4 is 21.6 Å². The molecule has 0 aliphatic rings. The van der Waals surface area contributed by atoms with Gasteiger partial charge in [-0.2, -0.15) is 5.26 Å². The number of anilines is 1. The Balaban J connectivity index is 3.52. The predicted octanol–water partition coefficient (Wildman–Crippen LogP) is 2.35. The second-order valence-electron chi connectivity index (χ2n) is 2.39. The SMILES string of the molecule is Cc1cc(C#N)c(Br)c(F)c1N. The predicted molar refractivity (Wildman–Crippen MR) is 48.0 cm³/mol. The highest BCUT2D eigenvalue weighted by molar-refractivity contribution is 9.10. The van der Waals surface area contributed by atoms with Gasteiger partial charge in [-0.15, -0.1) is 0 Å². The second kappa shape index (κ2) is 3.11. The number of halogens is 2. The van der Waals surface area contributed by atoms with Crippen molar-refractivity contribution < 1.29 is 4.39 Å². The monoisotopic (exact) mass is 228 g/mol. The number of aryl methyl sites for hydroxylation is 1. The normalized spacial score (nSPS) is 9.50. The van der Waals surface area contributed by atoms with E-state index in [0.29, 0.717) is 5.56 Å². The molecule has 0 saturated carbocycles. The molecule has 12 heavy (non-hydrogen) atoms. The van der Waals surface area contributed by atoms with Gasteiger partial charge in [0, 0.05) is 0 Å². The number of nitriles is 1. The van der Waals surface area contributed by atoms with Crippen LogP contribution in [0.15, 0.2) is 10.5 Å². The molecule has 1 aromatic rings. The third kappa shape index (κ3) is 1.28. The van der Waals surface area contributed by atoms with Gasteiger partial charge in [0.1, 0.15) is 6.07 Å². The number of rotatable bonds is 0. The minimum absolute atomic E-state index is 0.0841. The molecule has 0 aliphatic heterocycles. The minimum Gasteiger partial charge on any atom is -0.396 e. The lowest BCUT2D eigenvalue weighted by molar-refractivity contribution is 0.624. The molecule has 2 nitrogen and oxygen atoms in total. The summed E-state index contributed by atoms with van der Waals surface area (Å²) in [7, 11) is 0. The summed E-state index contributed by atoms with van der Waals surface area (Å²) in [4.78, 5) is 0. The molecule has 62 valence electrons. The van der Waals surface area contributed by atoms with Crippen LogP contribution < -0.4 is 5.73 Å². The highest BCUT2D eigenvalue weighted by Gasteiger charge is 2.11. The van der Waals surface area contributed by atoms with E-state index in [1.807, 2.05) is 6.07 Å². The number of nitrogens with zero attached hydrogens (tertiary/aromatic N) is 1. The zero-order valence-electron chi connectivity index (χ0n) is 6.36.